The highest BCUT2D eigenvalue weighted by atomic mass is 32.1. The number of hydrogen-bond acceptors (Lipinski definition) is 5. The Balaban J connectivity index is 1.93. The molecule has 18 heavy (non-hydrogen) atoms. The highest BCUT2D eigenvalue weighted by molar-refractivity contribution is 7.15. The monoisotopic (exact) mass is 263 g/mol. The summed E-state index contributed by atoms with van der Waals surface area (Å²) in [5, 5.41) is 14.0. The van der Waals surface area contributed by atoms with E-state index in [1.54, 1.807) is 12.3 Å². The van der Waals surface area contributed by atoms with Crippen LogP contribution in [0.3, 0.4) is 0 Å². The van der Waals surface area contributed by atoms with Crippen molar-refractivity contribution in [1.29, 1.82) is 0 Å². The molecule has 1 N–H and O–H groups in total. The lowest BCUT2D eigenvalue weighted by atomic mass is 10.2. The molecule has 1 atom stereocenters. The van der Waals surface area contributed by atoms with E-state index >= 15 is 0 Å². The Hall–Kier alpha value is -1.79. The summed E-state index contributed by atoms with van der Waals surface area (Å²) in [4.78, 5) is 15.4. The Morgan fingerprint density at radius 3 is 2.89 bits per heavy atom. The summed E-state index contributed by atoms with van der Waals surface area (Å²) >= 11 is 1.20. The van der Waals surface area contributed by atoms with E-state index in [1.807, 2.05) is 25.1 Å². The third-order valence-corrected chi connectivity index (χ3v) is 3.58. The molecule has 2 aromatic heterocycles. The predicted molar refractivity (Wildman–Crippen MR) is 70.5 cm³/mol. The van der Waals surface area contributed by atoms with Gasteiger partial charge in [-0.05, 0) is 25.1 Å². The fraction of sp³-hybridized carbons (Fsp3) is 0.250. The number of thiophene rings is 1. The van der Waals surface area contributed by atoms with Crippen LogP contribution in [0.25, 0.3) is 0 Å². The second-order valence-electron chi connectivity index (χ2n) is 3.85. The van der Waals surface area contributed by atoms with Crippen molar-refractivity contribution in [2.24, 2.45) is 0 Å². The lowest BCUT2D eigenvalue weighted by molar-refractivity contribution is -0.380. The number of hydrogen-bond donors (Lipinski definition) is 1. The molecular weight excluding hydrogens is 250 g/mol. The molecule has 1 unspecified atom stereocenters. The summed E-state index contributed by atoms with van der Waals surface area (Å²) < 4.78 is 0. The topological polar surface area (TPSA) is 68.1 Å². The molecule has 0 radical (unpaired) electrons. The van der Waals surface area contributed by atoms with Gasteiger partial charge in [0.15, 0.2) is 0 Å². The number of nitrogens with zero attached hydrogens (tertiary/aromatic N) is 2. The Labute approximate surface area is 109 Å². The highest BCUT2D eigenvalue weighted by Crippen LogP contribution is 2.24. The number of pyridine rings is 1. The molecular formula is C12H13N3O2S. The van der Waals surface area contributed by atoms with E-state index in [0.29, 0.717) is 6.54 Å². The van der Waals surface area contributed by atoms with Crippen molar-refractivity contribution in [3.05, 3.63) is 57.2 Å². The van der Waals surface area contributed by atoms with E-state index in [4.69, 9.17) is 0 Å². The van der Waals surface area contributed by atoms with Gasteiger partial charge in [0, 0.05) is 29.7 Å². The largest absolute Gasteiger partial charge is 0.324 e. The van der Waals surface area contributed by atoms with Crippen molar-refractivity contribution in [2.45, 2.75) is 19.5 Å². The Bertz CT molecular complexity index is 527. The summed E-state index contributed by atoms with van der Waals surface area (Å²) in [6, 6.07) is 9.20. The van der Waals surface area contributed by atoms with Crippen molar-refractivity contribution < 1.29 is 4.92 Å². The van der Waals surface area contributed by atoms with E-state index in [-0.39, 0.29) is 16.0 Å². The number of nitro groups is 1. The maximum absolute atomic E-state index is 10.6. The molecule has 0 aliphatic rings. The molecule has 2 aromatic rings. The van der Waals surface area contributed by atoms with E-state index < -0.39 is 0 Å². The summed E-state index contributed by atoms with van der Waals surface area (Å²) in [6.45, 7) is 2.63. The zero-order valence-electron chi connectivity index (χ0n) is 9.87. The third kappa shape index (κ3) is 3.12. The molecule has 0 spiro atoms. The second kappa shape index (κ2) is 5.70. The summed E-state index contributed by atoms with van der Waals surface area (Å²) in [5.41, 5.74) is 0.962. The van der Waals surface area contributed by atoms with Gasteiger partial charge < -0.3 is 5.32 Å². The van der Waals surface area contributed by atoms with Crippen LogP contribution < -0.4 is 5.32 Å². The van der Waals surface area contributed by atoms with Gasteiger partial charge in [0.05, 0.1) is 10.6 Å². The molecule has 0 fully saturated rings. The first-order valence-corrected chi connectivity index (χ1v) is 6.36. The first kappa shape index (κ1) is 12.7. The summed E-state index contributed by atoms with van der Waals surface area (Å²) in [7, 11) is 0. The SMILES string of the molecule is CC(NCc1ccc([N+](=O)[O-])s1)c1ccccn1. The minimum absolute atomic E-state index is 0.118. The zero-order chi connectivity index (χ0) is 13.0. The van der Waals surface area contributed by atoms with Gasteiger partial charge in [0.25, 0.3) is 0 Å². The van der Waals surface area contributed by atoms with Crippen LogP contribution in [0.1, 0.15) is 23.5 Å². The van der Waals surface area contributed by atoms with Crippen LogP contribution >= 0.6 is 11.3 Å². The quantitative estimate of drug-likeness (QED) is 0.665. The average molecular weight is 263 g/mol. The average Bonchev–Trinajstić information content (AvgIpc) is 2.86. The van der Waals surface area contributed by atoms with Gasteiger partial charge in [0.2, 0.25) is 0 Å². The minimum atomic E-state index is -0.365. The molecule has 0 bridgehead atoms. The van der Waals surface area contributed by atoms with Gasteiger partial charge >= 0.3 is 5.00 Å². The van der Waals surface area contributed by atoms with Gasteiger partial charge in [-0.15, -0.1) is 0 Å². The molecule has 94 valence electrons. The molecule has 0 saturated heterocycles. The molecule has 0 aromatic carbocycles. The second-order valence-corrected chi connectivity index (χ2v) is 5.00. The normalized spacial score (nSPS) is 12.3. The van der Waals surface area contributed by atoms with Crippen molar-refractivity contribution in [3.8, 4) is 0 Å². The van der Waals surface area contributed by atoms with E-state index in [9.17, 15) is 10.1 Å². The van der Waals surface area contributed by atoms with E-state index in [1.165, 1.54) is 17.4 Å². The number of nitrogens with one attached hydrogen (secondary N) is 1. The van der Waals surface area contributed by atoms with Crippen molar-refractivity contribution in [3.63, 3.8) is 0 Å². The van der Waals surface area contributed by atoms with Gasteiger partial charge in [-0.1, -0.05) is 17.4 Å². The Morgan fingerprint density at radius 1 is 1.44 bits per heavy atom. The Morgan fingerprint density at radius 2 is 2.28 bits per heavy atom. The van der Waals surface area contributed by atoms with Gasteiger partial charge in [-0.25, -0.2) is 0 Å². The van der Waals surface area contributed by atoms with E-state index in [0.717, 1.165) is 10.6 Å². The molecule has 0 aliphatic heterocycles. The van der Waals surface area contributed by atoms with Gasteiger partial charge in [0.1, 0.15) is 0 Å². The fourth-order valence-electron chi connectivity index (χ4n) is 1.55. The molecule has 0 amide bonds. The zero-order valence-corrected chi connectivity index (χ0v) is 10.7. The van der Waals surface area contributed by atoms with Crippen LogP contribution in [0, 0.1) is 10.1 Å². The maximum atomic E-state index is 10.6. The highest BCUT2D eigenvalue weighted by Gasteiger charge is 2.11. The summed E-state index contributed by atoms with van der Waals surface area (Å²) in [6.07, 6.45) is 1.75. The fourth-order valence-corrected chi connectivity index (χ4v) is 2.32. The van der Waals surface area contributed by atoms with Crippen LogP contribution in [0.15, 0.2) is 36.5 Å². The summed E-state index contributed by atoms with van der Waals surface area (Å²) in [5.74, 6) is 0. The van der Waals surface area contributed by atoms with Crippen LogP contribution in [0.4, 0.5) is 5.00 Å². The van der Waals surface area contributed by atoms with E-state index in [2.05, 4.69) is 10.3 Å². The van der Waals surface area contributed by atoms with Crippen LogP contribution in [-0.2, 0) is 6.54 Å². The minimum Gasteiger partial charge on any atom is -0.304 e. The molecule has 2 heterocycles. The van der Waals surface area contributed by atoms with Gasteiger partial charge in [-0.2, -0.15) is 0 Å². The first-order chi connectivity index (χ1) is 8.66. The first-order valence-electron chi connectivity index (χ1n) is 5.54. The van der Waals surface area contributed by atoms with Crippen LogP contribution in [0.5, 0.6) is 0 Å². The maximum Gasteiger partial charge on any atom is 0.324 e. The third-order valence-electron chi connectivity index (χ3n) is 2.54. The smallest absolute Gasteiger partial charge is 0.304 e. The van der Waals surface area contributed by atoms with Crippen molar-refractivity contribution >= 4 is 16.3 Å². The van der Waals surface area contributed by atoms with Crippen molar-refractivity contribution in [2.75, 3.05) is 0 Å². The lowest BCUT2D eigenvalue weighted by Gasteiger charge is -2.11. The molecule has 0 aliphatic carbocycles. The standard InChI is InChI=1S/C12H13N3O2S/c1-9(11-4-2-3-7-13-11)14-8-10-5-6-12(18-10)15(16)17/h2-7,9,14H,8H2,1H3. The molecule has 2 rings (SSSR count). The molecule has 5 nitrogen and oxygen atoms in total. The predicted octanol–water partition coefficient (Wildman–Crippen LogP) is 2.90. The van der Waals surface area contributed by atoms with Crippen LogP contribution in [-0.4, -0.2) is 9.91 Å². The van der Waals surface area contributed by atoms with Crippen LogP contribution in [0.2, 0.25) is 0 Å². The number of aromatic nitrogens is 1. The van der Waals surface area contributed by atoms with Gasteiger partial charge in [-0.3, -0.25) is 15.1 Å². The number of rotatable bonds is 5. The molecule has 0 saturated carbocycles. The van der Waals surface area contributed by atoms with Crippen molar-refractivity contribution in [1.82, 2.24) is 10.3 Å². The molecule has 6 heteroatoms. The Kier molecular flexibility index (Phi) is 4.01. The lowest BCUT2D eigenvalue weighted by Crippen LogP contribution is -2.18.